The fourth-order valence-corrected chi connectivity index (χ4v) is 2.50. The van der Waals surface area contributed by atoms with Gasteiger partial charge in [-0.05, 0) is 41.8 Å². The number of nitrogens with one attached hydrogen (secondary N) is 2. The van der Waals surface area contributed by atoms with Gasteiger partial charge in [-0.1, -0.05) is 24.3 Å². The van der Waals surface area contributed by atoms with Crippen LogP contribution >= 0.6 is 0 Å². The molecule has 0 unspecified atom stereocenters. The first kappa shape index (κ1) is 13.3. The number of nitriles is 1. The Bertz CT molecular complexity index is 701. The van der Waals surface area contributed by atoms with E-state index in [1.54, 1.807) is 24.3 Å². The Labute approximate surface area is 123 Å². The maximum atomic E-state index is 12.3. The fourth-order valence-electron chi connectivity index (χ4n) is 2.50. The predicted molar refractivity (Wildman–Crippen MR) is 80.6 cm³/mol. The molecule has 0 fully saturated rings. The second-order valence-corrected chi connectivity index (χ2v) is 5.08. The fraction of sp³-hybridized carbons (Fsp3) is 0.176. The van der Waals surface area contributed by atoms with Crippen molar-refractivity contribution in [2.75, 3.05) is 5.32 Å². The van der Waals surface area contributed by atoms with Gasteiger partial charge in [-0.3, -0.25) is 4.79 Å². The minimum absolute atomic E-state index is 0.0470. The lowest BCUT2D eigenvalue weighted by molar-refractivity contribution is -0.118. The summed E-state index contributed by atoms with van der Waals surface area (Å²) < 4.78 is 0. The highest BCUT2D eigenvalue weighted by Crippen LogP contribution is 2.17. The Morgan fingerprint density at radius 1 is 1.14 bits per heavy atom. The van der Waals surface area contributed by atoms with Gasteiger partial charge >= 0.3 is 0 Å². The highest BCUT2D eigenvalue weighted by Gasteiger charge is 2.23. The lowest BCUT2D eigenvalue weighted by Gasteiger charge is -2.25. The van der Waals surface area contributed by atoms with Crippen LogP contribution in [0.15, 0.2) is 48.5 Å². The standard InChI is InChI=1S/C17H15N3O/c18-10-12-5-7-15(8-6-12)20-17(21)16-9-13-3-1-2-4-14(13)11-19-16/h1-8,16,19H,9,11H2,(H,20,21)/t16-/m1/s1. The molecule has 21 heavy (non-hydrogen) atoms. The molecule has 1 amide bonds. The van der Waals surface area contributed by atoms with Gasteiger partial charge in [-0.25, -0.2) is 0 Å². The summed E-state index contributed by atoms with van der Waals surface area (Å²) in [4.78, 5) is 12.3. The first-order valence-corrected chi connectivity index (χ1v) is 6.87. The Morgan fingerprint density at radius 2 is 1.86 bits per heavy atom. The number of carbonyl (C=O) groups is 1. The molecule has 0 saturated carbocycles. The molecule has 4 heteroatoms. The van der Waals surface area contributed by atoms with E-state index in [2.05, 4.69) is 28.8 Å². The van der Waals surface area contributed by atoms with Crippen LogP contribution < -0.4 is 10.6 Å². The van der Waals surface area contributed by atoms with Crippen molar-refractivity contribution in [2.24, 2.45) is 0 Å². The van der Waals surface area contributed by atoms with Crippen molar-refractivity contribution in [2.45, 2.75) is 19.0 Å². The minimum atomic E-state index is -0.226. The molecular weight excluding hydrogens is 262 g/mol. The van der Waals surface area contributed by atoms with E-state index >= 15 is 0 Å². The summed E-state index contributed by atoms with van der Waals surface area (Å²) in [5.74, 6) is -0.0470. The minimum Gasteiger partial charge on any atom is -0.325 e. The van der Waals surface area contributed by atoms with Crippen molar-refractivity contribution < 1.29 is 4.79 Å². The summed E-state index contributed by atoms with van der Waals surface area (Å²) in [6, 6.07) is 16.9. The van der Waals surface area contributed by atoms with Gasteiger partial charge in [0.25, 0.3) is 0 Å². The molecular formula is C17H15N3O. The maximum Gasteiger partial charge on any atom is 0.241 e. The van der Waals surface area contributed by atoms with E-state index in [9.17, 15) is 4.79 Å². The molecule has 0 spiro atoms. The van der Waals surface area contributed by atoms with Crippen molar-refractivity contribution in [3.63, 3.8) is 0 Å². The van der Waals surface area contributed by atoms with Crippen molar-refractivity contribution in [3.8, 4) is 6.07 Å². The molecule has 4 nitrogen and oxygen atoms in total. The molecule has 0 saturated heterocycles. The van der Waals surface area contributed by atoms with Gasteiger partial charge in [-0.2, -0.15) is 5.26 Å². The summed E-state index contributed by atoms with van der Waals surface area (Å²) in [6.45, 7) is 0.710. The molecule has 0 aromatic heterocycles. The summed E-state index contributed by atoms with van der Waals surface area (Å²) in [5.41, 5.74) is 3.76. The van der Waals surface area contributed by atoms with Gasteiger partial charge in [0.1, 0.15) is 0 Å². The average molecular weight is 277 g/mol. The monoisotopic (exact) mass is 277 g/mol. The van der Waals surface area contributed by atoms with Crippen LogP contribution in [0.3, 0.4) is 0 Å². The van der Waals surface area contributed by atoms with Crippen LogP contribution in [0.2, 0.25) is 0 Å². The number of anilines is 1. The van der Waals surface area contributed by atoms with Crippen LogP contribution in [0, 0.1) is 11.3 Å². The quantitative estimate of drug-likeness (QED) is 0.884. The van der Waals surface area contributed by atoms with E-state index in [1.165, 1.54) is 11.1 Å². The Morgan fingerprint density at radius 3 is 2.57 bits per heavy atom. The zero-order valence-corrected chi connectivity index (χ0v) is 11.5. The van der Waals surface area contributed by atoms with E-state index in [-0.39, 0.29) is 11.9 Å². The number of rotatable bonds is 2. The lowest BCUT2D eigenvalue weighted by atomic mass is 9.95. The van der Waals surface area contributed by atoms with E-state index in [0.717, 1.165) is 0 Å². The molecule has 1 aliphatic heterocycles. The van der Waals surface area contributed by atoms with Crippen LogP contribution in [-0.4, -0.2) is 11.9 Å². The van der Waals surface area contributed by atoms with Crippen LogP contribution in [0.25, 0.3) is 0 Å². The van der Waals surface area contributed by atoms with Gasteiger partial charge < -0.3 is 10.6 Å². The lowest BCUT2D eigenvalue weighted by Crippen LogP contribution is -2.44. The number of carbonyl (C=O) groups excluding carboxylic acids is 1. The number of fused-ring (bicyclic) bond motifs is 1. The van der Waals surface area contributed by atoms with Crippen LogP contribution in [-0.2, 0) is 17.8 Å². The predicted octanol–water partition coefficient (Wildman–Crippen LogP) is 2.21. The molecule has 0 radical (unpaired) electrons. The summed E-state index contributed by atoms with van der Waals surface area (Å²) >= 11 is 0. The zero-order valence-electron chi connectivity index (χ0n) is 11.5. The molecule has 1 atom stereocenters. The number of nitrogens with zero attached hydrogens (tertiary/aromatic N) is 1. The van der Waals surface area contributed by atoms with Gasteiger partial charge in [0, 0.05) is 12.2 Å². The zero-order chi connectivity index (χ0) is 14.7. The SMILES string of the molecule is N#Cc1ccc(NC(=O)[C@H]2Cc3ccccc3CN2)cc1. The molecule has 0 aliphatic carbocycles. The van der Waals surface area contributed by atoms with E-state index in [1.807, 2.05) is 12.1 Å². The van der Waals surface area contributed by atoms with Crippen molar-refractivity contribution >= 4 is 11.6 Å². The Hall–Kier alpha value is -2.64. The van der Waals surface area contributed by atoms with Crippen molar-refractivity contribution in [3.05, 3.63) is 65.2 Å². The van der Waals surface area contributed by atoms with Gasteiger partial charge in [0.05, 0.1) is 17.7 Å². The van der Waals surface area contributed by atoms with E-state index < -0.39 is 0 Å². The number of hydrogen-bond acceptors (Lipinski definition) is 3. The van der Waals surface area contributed by atoms with Crippen LogP contribution in [0.1, 0.15) is 16.7 Å². The highest BCUT2D eigenvalue weighted by molar-refractivity contribution is 5.95. The molecule has 0 bridgehead atoms. The smallest absolute Gasteiger partial charge is 0.241 e. The first-order valence-electron chi connectivity index (χ1n) is 6.87. The molecule has 2 N–H and O–H groups in total. The van der Waals surface area contributed by atoms with E-state index in [0.29, 0.717) is 24.2 Å². The maximum absolute atomic E-state index is 12.3. The molecule has 104 valence electrons. The largest absolute Gasteiger partial charge is 0.325 e. The van der Waals surface area contributed by atoms with Gasteiger partial charge in [0.2, 0.25) is 5.91 Å². The summed E-state index contributed by atoms with van der Waals surface area (Å²) in [6.07, 6.45) is 0.693. The highest BCUT2D eigenvalue weighted by atomic mass is 16.2. The second-order valence-electron chi connectivity index (χ2n) is 5.08. The molecule has 3 rings (SSSR count). The third kappa shape index (κ3) is 2.93. The summed E-state index contributed by atoms with van der Waals surface area (Å²) in [5, 5.41) is 14.9. The number of amides is 1. The average Bonchev–Trinajstić information content (AvgIpc) is 2.55. The van der Waals surface area contributed by atoms with Crippen LogP contribution in [0.4, 0.5) is 5.69 Å². The third-order valence-electron chi connectivity index (χ3n) is 3.68. The normalized spacial score (nSPS) is 16.6. The number of benzene rings is 2. The molecule has 1 aliphatic rings. The molecule has 2 aromatic rings. The Kier molecular flexibility index (Phi) is 3.67. The molecule has 1 heterocycles. The third-order valence-corrected chi connectivity index (χ3v) is 3.68. The topological polar surface area (TPSA) is 64.9 Å². The van der Waals surface area contributed by atoms with Crippen molar-refractivity contribution in [1.82, 2.24) is 5.32 Å². The molecule has 2 aromatic carbocycles. The summed E-state index contributed by atoms with van der Waals surface area (Å²) in [7, 11) is 0. The number of hydrogen-bond donors (Lipinski definition) is 2. The Balaban J connectivity index is 1.68. The second kappa shape index (κ2) is 5.78. The van der Waals surface area contributed by atoms with Crippen LogP contribution in [0.5, 0.6) is 0 Å². The van der Waals surface area contributed by atoms with Gasteiger partial charge in [0.15, 0.2) is 0 Å². The van der Waals surface area contributed by atoms with Gasteiger partial charge in [-0.15, -0.1) is 0 Å². The first-order chi connectivity index (χ1) is 10.3. The van der Waals surface area contributed by atoms with Crippen molar-refractivity contribution in [1.29, 1.82) is 5.26 Å². The van der Waals surface area contributed by atoms with E-state index in [4.69, 9.17) is 5.26 Å².